The molecular weight excluding hydrogens is 176 g/mol. The summed E-state index contributed by atoms with van der Waals surface area (Å²) in [6.45, 7) is 6.24. The van der Waals surface area contributed by atoms with Crippen molar-refractivity contribution in [1.29, 1.82) is 0 Å². The quantitative estimate of drug-likeness (QED) is 0.464. The van der Waals surface area contributed by atoms with Gasteiger partial charge in [-0.2, -0.15) is 0 Å². The van der Waals surface area contributed by atoms with Crippen LogP contribution >= 0.6 is 0 Å². The minimum atomic E-state index is 0.257. The van der Waals surface area contributed by atoms with Crippen LogP contribution in [-0.2, 0) is 9.53 Å². The van der Waals surface area contributed by atoms with Crippen molar-refractivity contribution in [2.24, 2.45) is 5.92 Å². The van der Waals surface area contributed by atoms with E-state index >= 15 is 0 Å². The van der Waals surface area contributed by atoms with E-state index < -0.39 is 0 Å². The first-order chi connectivity index (χ1) is 6.60. The van der Waals surface area contributed by atoms with Gasteiger partial charge in [0.2, 0.25) is 0 Å². The maximum absolute atomic E-state index is 10.4. The van der Waals surface area contributed by atoms with Crippen LogP contribution in [0.2, 0.25) is 0 Å². The Balaban J connectivity index is 3.84. The molecule has 1 atom stereocenters. The average Bonchev–Trinajstić information content (AvgIpc) is 2.17. The molecule has 2 nitrogen and oxygen atoms in total. The Morgan fingerprint density at radius 2 is 2.00 bits per heavy atom. The van der Waals surface area contributed by atoms with Crippen LogP contribution in [0.1, 0.15) is 40.0 Å². The van der Waals surface area contributed by atoms with Gasteiger partial charge < -0.3 is 4.74 Å². The summed E-state index contributed by atoms with van der Waals surface area (Å²) >= 11 is 0. The Labute approximate surface area is 87.3 Å². The van der Waals surface area contributed by atoms with Crippen molar-refractivity contribution >= 4 is 6.29 Å². The molecule has 0 N–H and O–H groups in total. The number of rotatable bonds is 7. The van der Waals surface area contributed by atoms with E-state index in [2.05, 4.69) is 13.8 Å². The second kappa shape index (κ2) is 7.74. The van der Waals surface area contributed by atoms with Crippen LogP contribution in [0.4, 0.5) is 0 Å². The topological polar surface area (TPSA) is 26.3 Å². The predicted octanol–water partition coefficient (Wildman–Crippen LogP) is 2.97. The molecule has 0 rings (SSSR count). The molecule has 0 saturated heterocycles. The van der Waals surface area contributed by atoms with Gasteiger partial charge in [0.05, 0.1) is 6.10 Å². The van der Waals surface area contributed by atoms with Crippen molar-refractivity contribution in [2.45, 2.75) is 46.1 Å². The lowest BCUT2D eigenvalue weighted by Crippen LogP contribution is -2.10. The molecule has 1 unspecified atom stereocenters. The SMILES string of the molecule is COC(C/C=C(\C)C=O)CCC(C)C. The van der Waals surface area contributed by atoms with Crippen molar-refractivity contribution in [3.63, 3.8) is 0 Å². The Morgan fingerprint density at radius 3 is 2.43 bits per heavy atom. The van der Waals surface area contributed by atoms with E-state index in [4.69, 9.17) is 4.74 Å². The smallest absolute Gasteiger partial charge is 0.145 e. The Hall–Kier alpha value is -0.630. The third-order valence-electron chi connectivity index (χ3n) is 2.29. The second-order valence-corrected chi connectivity index (χ2v) is 4.13. The number of hydrogen-bond acceptors (Lipinski definition) is 2. The zero-order chi connectivity index (χ0) is 11.0. The van der Waals surface area contributed by atoms with E-state index in [1.807, 2.05) is 13.0 Å². The highest BCUT2D eigenvalue weighted by atomic mass is 16.5. The van der Waals surface area contributed by atoms with Gasteiger partial charge in [-0.1, -0.05) is 19.9 Å². The summed E-state index contributed by atoms with van der Waals surface area (Å²) in [6.07, 6.45) is 6.17. The summed E-state index contributed by atoms with van der Waals surface area (Å²) in [7, 11) is 1.73. The summed E-state index contributed by atoms with van der Waals surface area (Å²) in [5.41, 5.74) is 0.789. The van der Waals surface area contributed by atoms with Crippen molar-refractivity contribution < 1.29 is 9.53 Å². The van der Waals surface area contributed by atoms with Crippen LogP contribution in [-0.4, -0.2) is 19.5 Å². The van der Waals surface area contributed by atoms with Crippen molar-refractivity contribution in [3.8, 4) is 0 Å². The Kier molecular flexibility index (Phi) is 7.40. The van der Waals surface area contributed by atoms with E-state index in [1.165, 1.54) is 6.42 Å². The van der Waals surface area contributed by atoms with E-state index in [9.17, 15) is 4.79 Å². The molecule has 0 bridgehead atoms. The lowest BCUT2D eigenvalue weighted by molar-refractivity contribution is -0.104. The summed E-state index contributed by atoms with van der Waals surface area (Å²) in [4.78, 5) is 10.4. The molecule has 0 aromatic rings. The number of carbonyl (C=O) groups is 1. The molecular formula is C12H22O2. The molecule has 82 valence electrons. The van der Waals surface area contributed by atoms with Gasteiger partial charge in [-0.05, 0) is 37.7 Å². The monoisotopic (exact) mass is 198 g/mol. The van der Waals surface area contributed by atoms with E-state index in [-0.39, 0.29) is 6.10 Å². The highest BCUT2D eigenvalue weighted by Crippen LogP contribution is 2.12. The minimum absolute atomic E-state index is 0.257. The minimum Gasteiger partial charge on any atom is -0.381 e. The maximum atomic E-state index is 10.4. The van der Waals surface area contributed by atoms with Crippen molar-refractivity contribution in [3.05, 3.63) is 11.6 Å². The first-order valence-corrected chi connectivity index (χ1v) is 5.24. The van der Waals surface area contributed by atoms with Crippen LogP contribution < -0.4 is 0 Å². The number of hydrogen-bond donors (Lipinski definition) is 0. The molecule has 0 aliphatic heterocycles. The van der Waals surface area contributed by atoms with Crippen LogP contribution in [0.15, 0.2) is 11.6 Å². The molecule has 0 aliphatic carbocycles. The van der Waals surface area contributed by atoms with Crippen molar-refractivity contribution in [2.75, 3.05) is 7.11 Å². The van der Waals surface area contributed by atoms with Gasteiger partial charge >= 0.3 is 0 Å². The number of ether oxygens (including phenoxy) is 1. The fraction of sp³-hybridized carbons (Fsp3) is 0.750. The van der Waals surface area contributed by atoms with E-state index in [1.54, 1.807) is 7.11 Å². The molecule has 0 saturated carbocycles. The maximum Gasteiger partial charge on any atom is 0.145 e. The van der Waals surface area contributed by atoms with Crippen LogP contribution in [0.5, 0.6) is 0 Å². The standard InChI is InChI=1S/C12H22O2/c1-10(2)5-7-12(14-4)8-6-11(3)9-13/h6,9-10,12H,5,7-8H2,1-4H3/b11-6+. The molecule has 2 heteroatoms. The predicted molar refractivity (Wildman–Crippen MR) is 59.3 cm³/mol. The number of carbonyl (C=O) groups excluding carboxylic acids is 1. The first kappa shape index (κ1) is 13.4. The molecule has 0 aliphatic rings. The van der Waals surface area contributed by atoms with Gasteiger partial charge in [0.25, 0.3) is 0 Å². The highest BCUT2D eigenvalue weighted by molar-refractivity contribution is 5.71. The summed E-state index contributed by atoms with van der Waals surface area (Å²) < 4.78 is 5.34. The highest BCUT2D eigenvalue weighted by Gasteiger charge is 2.06. The van der Waals surface area contributed by atoms with Gasteiger partial charge in [0.15, 0.2) is 0 Å². The van der Waals surface area contributed by atoms with Gasteiger partial charge in [-0.3, -0.25) is 4.79 Å². The van der Waals surface area contributed by atoms with Gasteiger partial charge in [0, 0.05) is 7.11 Å². The number of methoxy groups -OCH3 is 1. The lowest BCUT2D eigenvalue weighted by Gasteiger charge is -2.14. The van der Waals surface area contributed by atoms with E-state index in [0.717, 1.165) is 24.7 Å². The molecule has 0 aromatic heterocycles. The summed E-state index contributed by atoms with van der Waals surface area (Å²) in [5.74, 6) is 0.712. The largest absolute Gasteiger partial charge is 0.381 e. The van der Waals surface area contributed by atoms with Gasteiger partial charge in [-0.25, -0.2) is 0 Å². The molecule has 0 heterocycles. The fourth-order valence-corrected chi connectivity index (χ4v) is 1.22. The number of allylic oxidation sites excluding steroid dienone is 1. The molecule has 0 aromatic carbocycles. The molecule has 14 heavy (non-hydrogen) atoms. The molecule has 0 radical (unpaired) electrons. The average molecular weight is 198 g/mol. The Bertz CT molecular complexity index is 183. The Morgan fingerprint density at radius 1 is 1.36 bits per heavy atom. The molecule has 0 amide bonds. The summed E-state index contributed by atoms with van der Waals surface area (Å²) in [5, 5.41) is 0. The number of aldehydes is 1. The van der Waals surface area contributed by atoms with Crippen LogP contribution in [0, 0.1) is 5.92 Å². The first-order valence-electron chi connectivity index (χ1n) is 5.24. The van der Waals surface area contributed by atoms with Crippen molar-refractivity contribution in [1.82, 2.24) is 0 Å². The zero-order valence-electron chi connectivity index (χ0n) is 9.75. The molecule has 0 spiro atoms. The summed E-state index contributed by atoms with van der Waals surface area (Å²) in [6, 6.07) is 0. The second-order valence-electron chi connectivity index (χ2n) is 4.13. The third kappa shape index (κ3) is 6.84. The van der Waals surface area contributed by atoms with Crippen LogP contribution in [0.25, 0.3) is 0 Å². The normalized spacial score (nSPS) is 14.5. The van der Waals surface area contributed by atoms with E-state index in [0.29, 0.717) is 5.92 Å². The third-order valence-corrected chi connectivity index (χ3v) is 2.29. The lowest BCUT2D eigenvalue weighted by atomic mass is 10.0. The zero-order valence-corrected chi connectivity index (χ0v) is 9.75. The fourth-order valence-electron chi connectivity index (χ4n) is 1.22. The van der Waals surface area contributed by atoms with Crippen LogP contribution in [0.3, 0.4) is 0 Å². The van der Waals surface area contributed by atoms with Gasteiger partial charge in [0.1, 0.15) is 6.29 Å². The van der Waals surface area contributed by atoms with Gasteiger partial charge in [-0.15, -0.1) is 0 Å². The molecule has 0 fully saturated rings.